The number of nitrogens with one attached hydrogen (secondary N) is 1. The fourth-order valence-electron chi connectivity index (χ4n) is 1.71. The van der Waals surface area contributed by atoms with Crippen LogP contribution in [0.2, 0.25) is 4.34 Å². The summed E-state index contributed by atoms with van der Waals surface area (Å²) in [5.41, 5.74) is 0.198. The molecule has 5 nitrogen and oxygen atoms in total. The van der Waals surface area contributed by atoms with Gasteiger partial charge in [0.25, 0.3) is 0 Å². The number of rotatable bonds is 6. The number of halogens is 2. The number of methoxy groups -OCH3 is 1. The van der Waals surface area contributed by atoms with Gasteiger partial charge in [-0.15, -0.1) is 0 Å². The molecule has 0 radical (unpaired) electrons. The van der Waals surface area contributed by atoms with Gasteiger partial charge in [-0.2, -0.15) is 0 Å². The van der Waals surface area contributed by atoms with E-state index in [0.29, 0.717) is 9.47 Å². The van der Waals surface area contributed by atoms with Crippen LogP contribution in [-0.4, -0.2) is 23.8 Å². The summed E-state index contributed by atoms with van der Waals surface area (Å²) in [6, 6.07) is 3.93. The number of nitrogens with zero attached hydrogens (tertiary/aromatic N) is 1. The predicted octanol–water partition coefficient (Wildman–Crippen LogP) is 3.55. The number of Topliss-reactive ketones (excluding diaryl/α,β-unsaturated/α-hetero) is 1. The molecule has 0 aliphatic carbocycles. The Hall–Kier alpha value is -1.99. The number of aromatic nitrogens is 1. The van der Waals surface area contributed by atoms with Crippen molar-refractivity contribution in [3.05, 3.63) is 40.1 Å². The highest BCUT2D eigenvalue weighted by atomic mass is 35.5. The normalized spacial score (nSPS) is 10.3. The summed E-state index contributed by atoms with van der Waals surface area (Å²) >= 11 is 6.82. The van der Waals surface area contributed by atoms with Crippen LogP contribution in [-0.2, 0) is 4.79 Å². The number of ketones is 1. The third kappa shape index (κ3) is 4.25. The third-order valence-corrected chi connectivity index (χ3v) is 3.81. The van der Waals surface area contributed by atoms with Crippen molar-refractivity contribution in [3.8, 4) is 5.75 Å². The van der Waals surface area contributed by atoms with Gasteiger partial charge in [-0.05, 0) is 18.2 Å². The predicted molar refractivity (Wildman–Crippen MR) is 82.3 cm³/mol. The molecule has 116 valence electrons. The molecule has 22 heavy (non-hydrogen) atoms. The molecule has 0 saturated heterocycles. The number of hydrogen-bond acceptors (Lipinski definition) is 5. The van der Waals surface area contributed by atoms with E-state index in [1.807, 2.05) is 0 Å². The average molecular weight is 343 g/mol. The van der Waals surface area contributed by atoms with Crippen molar-refractivity contribution >= 4 is 39.8 Å². The lowest BCUT2D eigenvalue weighted by molar-refractivity contribution is -0.116. The van der Waals surface area contributed by atoms with Crippen molar-refractivity contribution in [2.75, 3.05) is 12.4 Å². The van der Waals surface area contributed by atoms with Crippen LogP contribution in [0.1, 0.15) is 23.2 Å². The SMILES string of the molecule is COc1ccc(C(=O)CCC(=O)Nc2ncc(Cl)s2)cc1F. The number of anilines is 1. The first-order valence-corrected chi connectivity index (χ1v) is 7.47. The molecule has 1 aromatic heterocycles. The summed E-state index contributed by atoms with van der Waals surface area (Å²) in [5.74, 6) is -1.23. The molecule has 1 heterocycles. The van der Waals surface area contributed by atoms with Crippen LogP contribution >= 0.6 is 22.9 Å². The Balaban J connectivity index is 1.89. The largest absolute Gasteiger partial charge is 0.494 e. The molecule has 1 N–H and O–H groups in total. The average Bonchev–Trinajstić information content (AvgIpc) is 2.89. The van der Waals surface area contributed by atoms with E-state index in [9.17, 15) is 14.0 Å². The van der Waals surface area contributed by atoms with Gasteiger partial charge >= 0.3 is 0 Å². The number of ether oxygens (including phenoxy) is 1. The number of hydrogen-bond donors (Lipinski definition) is 1. The molecule has 0 unspecified atom stereocenters. The molecule has 0 fully saturated rings. The molecule has 1 aromatic carbocycles. The molecule has 8 heteroatoms. The molecule has 0 saturated carbocycles. The lowest BCUT2D eigenvalue weighted by atomic mass is 10.1. The zero-order chi connectivity index (χ0) is 16.1. The van der Waals surface area contributed by atoms with Gasteiger partial charge in [-0.1, -0.05) is 22.9 Å². The van der Waals surface area contributed by atoms with Gasteiger partial charge in [0.15, 0.2) is 22.5 Å². The first-order valence-electron chi connectivity index (χ1n) is 6.27. The maximum absolute atomic E-state index is 13.5. The summed E-state index contributed by atoms with van der Waals surface area (Å²) in [6.45, 7) is 0. The molecule has 0 atom stereocenters. The van der Waals surface area contributed by atoms with Crippen molar-refractivity contribution in [1.29, 1.82) is 0 Å². The summed E-state index contributed by atoms with van der Waals surface area (Å²) in [7, 11) is 1.34. The van der Waals surface area contributed by atoms with Gasteiger partial charge in [0, 0.05) is 18.4 Å². The Morgan fingerprint density at radius 1 is 1.41 bits per heavy atom. The fourth-order valence-corrected chi connectivity index (χ4v) is 2.53. The number of amides is 1. The van der Waals surface area contributed by atoms with E-state index < -0.39 is 5.82 Å². The molecular formula is C14H12ClFN2O3S. The van der Waals surface area contributed by atoms with E-state index in [1.54, 1.807) is 0 Å². The van der Waals surface area contributed by atoms with Crippen molar-refractivity contribution in [3.63, 3.8) is 0 Å². The van der Waals surface area contributed by atoms with Crippen molar-refractivity contribution < 1.29 is 18.7 Å². The zero-order valence-corrected chi connectivity index (χ0v) is 13.1. The second-order valence-electron chi connectivity index (χ2n) is 4.29. The first-order chi connectivity index (χ1) is 10.5. The second-order valence-corrected chi connectivity index (χ2v) is 5.95. The summed E-state index contributed by atoms with van der Waals surface area (Å²) in [5, 5.41) is 2.91. The number of thiazole rings is 1. The van der Waals surface area contributed by atoms with Gasteiger partial charge < -0.3 is 10.1 Å². The Morgan fingerprint density at radius 2 is 2.18 bits per heavy atom. The zero-order valence-electron chi connectivity index (χ0n) is 11.6. The standard InChI is InChI=1S/C14H12ClFN2O3S/c1-21-11-4-2-8(6-9(11)16)10(19)3-5-13(20)18-14-17-7-12(15)22-14/h2,4,6-7H,3,5H2,1H3,(H,17,18,20). The fraction of sp³-hybridized carbons (Fsp3) is 0.214. The number of benzene rings is 1. The van der Waals surface area contributed by atoms with Gasteiger partial charge in [0.1, 0.15) is 4.34 Å². The molecule has 0 bridgehead atoms. The van der Waals surface area contributed by atoms with Gasteiger partial charge in [-0.25, -0.2) is 9.37 Å². The van der Waals surface area contributed by atoms with Gasteiger partial charge in [0.2, 0.25) is 5.91 Å². The van der Waals surface area contributed by atoms with Crippen molar-refractivity contribution in [2.24, 2.45) is 0 Å². The Kier molecular flexibility index (Phi) is 5.46. The summed E-state index contributed by atoms with van der Waals surface area (Å²) in [6.07, 6.45) is 1.37. The quantitative estimate of drug-likeness (QED) is 0.815. The van der Waals surface area contributed by atoms with Crippen LogP contribution < -0.4 is 10.1 Å². The topological polar surface area (TPSA) is 68.3 Å². The monoisotopic (exact) mass is 342 g/mol. The Bertz CT molecular complexity index is 705. The van der Waals surface area contributed by atoms with Gasteiger partial charge in [0.05, 0.1) is 13.3 Å². The maximum atomic E-state index is 13.5. The van der Waals surface area contributed by atoms with Crippen LogP contribution in [0.15, 0.2) is 24.4 Å². The Morgan fingerprint density at radius 3 is 2.77 bits per heavy atom. The molecule has 2 aromatic rings. The van der Waals surface area contributed by atoms with Crippen molar-refractivity contribution in [1.82, 2.24) is 4.98 Å². The highest BCUT2D eigenvalue weighted by molar-refractivity contribution is 7.19. The van der Waals surface area contributed by atoms with Crippen molar-refractivity contribution in [2.45, 2.75) is 12.8 Å². The lowest BCUT2D eigenvalue weighted by Gasteiger charge is -2.05. The van der Waals surface area contributed by atoms with Crippen LogP contribution in [0.3, 0.4) is 0 Å². The number of carbonyl (C=O) groups excluding carboxylic acids is 2. The van der Waals surface area contributed by atoms with E-state index in [-0.39, 0.29) is 35.8 Å². The minimum absolute atomic E-state index is 0.0241. The molecule has 1 amide bonds. The molecule has 0 aliphatic heterocycles. The van der Waals surface area contributed by atoms with Crippen LogP contribution in [0.25, 0.3) is 0 Å². The van der Waals surface area contributed by atoms with Crippen LogP contribution in [0.4, 0.5) is 9.52 Å². The lowest BCUT2D eigenvalue weighted by Crippen LogP contribution is -2.13. The molecule has 2 rings (SSSR count). The van der Waals surface area contributed by atoms with Crippen LogP contribution in [0, 0.1) is 5.82 Å². The number of carbonyl (C=O) groups is 2. The first kappa shape index (κ1) is 16.4. The summed E-state index contributed by atoms with van der Waals surface area (Å²) < 4.78 is 18.8. The summed E-state index contributed by atoms with van der Waals surface area (Å²) in [4.78, 5) is 27.5. The van der Waals surface area contributed by atoms with Gasteiger partial charge in [-0.3, -0.25) is 9.59 Å². The smallest absolute Gasteiger partial charge is 0.226 e. The van der Waals surface area contributed by atoms with E-state index in [2.05, 4.69) is 10.3 Å². The second kappa shape index (κ2) is 7.33. The molecular weight excluding hydrogens is 331 g/mol. The minimum Gasteiger partial charge on any atom is -0.494 e. The minimum atomic E-state index is -0.616. The molecule has 0 spiro atoms. The molecule has 0 aliphatic rings. The Labute approximate surface area is 135 Å². The highest BCUT2D eigenvalue weighted by Gasteiger charge is 2.13. The van der Waals surface area contributed by atoms with E-state index in [1.165, 1.54) is 25.4 Å². The van der Waals surface area contributed by atoms with E-state index in [0.717, 1.165) is 17.4 Å². The van der Waals surface area contributed by atoms with Crippen LogP contribution in [0.5, 0.6) is 5.75 Å². The third-order valence-electron chi connectivity index (χ3n) is 2.78. The highest BCUT2D eigenvalue weighted by Crippen LogP contribution is 2.23. The van der Waals surface area contributed by atoms with E-state index >= 15 is 0 Å². The maximum Gasteiger partial charge on any atom is 0.226 e. The van der Waals surface area contributed by atoms with E-state index in [4.69, 9.17) is 16.3 Å².